The summed E-state index contributed by atoms with van der Waals surface area (Å²) in [5.74, 6) is 0.960. The predicted molar refractivity (Wildman–Crippen MR) is 84.6 cm³/mol. The molecule has 1 saturated carbocycles. The first kappa shape index (κ1) is 13.6. The van der Waals surface area contributed by atoms with Gasteiger partial charge < -0.3 is 5.32 Å². The summed E-state index contributed by atoms with van der Waals surface area (Å²) < 4.78 is 0. The molecule has 0 amide bonds. The average molecular weight is 268 g/mol. The largest absolute Gasteiger partial charge is 0.313 e. The van der Waals surface area contributed by atoms with Gasteiger partial charge in [-0.15, -0.1) is 0 Å². The van der Waals surface area contributed by atoms with Crippen LogP contribution in [0.1, 0.15) is 44.1 Å². The van der Waals surface area contributed by atoms with E-state index in [4.69, 9.17) is 0 Å². The minimum absolute atomic E-state index is 0.932. The van der Waals surface area contributed by atoms with E-state index >= 15 is 0 Å². The van der Waals surface area contributed by atoms with E-state index in [0.29, 0.717) is 0 Å². The Labute approximate surface area is 121 Å². The molecule has 1 aliphatic rings. The van der Waals surface area contributed by atoms with Gasteiger partial charge in [0.1, 0.15) is 0 Å². The first-order chi connectivity index (χ1) is 9.93. The van der Waals surface area contributed by atoms with Crippen molar-refractivity contribution >= 4 is 10.8 Å². The first-order valence-electron chi connectivity index (χ1n) is 7.96. The topological polar surface area (TPSA) is 24.9 Å². The van der Waals surface area contributed by atoms with Crippen LogP contribution in [0.4, 0.5) is 0 Å². The highest BCUT2D eigenvalue weighted by Gasteiger charge is 2.12. The Balaban J connectivity index is 1.52. The molecule has 0 aliphatic heterocycles. The molecule has 1 N–H and O–H groups in total. The zero-order valence-electron chi connectivity index (χ0n) is 12.1. The highest BCUT2D eigenvalue weighted by molar-refractivity contribution is 5.84. The summed E-state index contributed by atoms with van der Waals surface area (Å²) >= 11 is 0. The smallest absolute Gasteiger partial charge is 0.0346 e. The van der Waals surface area contributed by atoms with Gasteiger partial charge in [0.2, 0.25) is 0 Å². The Kier molecular flexibility index (Phi) is 4.65. The van der Waals surface area contributed by atoms with Gasteiger partial charge in [0.25, 0.3) is 0 Å². The number of rotatable bonds is 5. The van der Waals surface area contributed by atoms with Gasteiger partial charge in [-0.05, 0) is 29.8 Å². The van der Waals surface area contributed by atoms with Crippen molar-refractivity contribution in [3.63, 3.8) is 0 Å². The van der Waals surface area contributed by atoms with Crippen molar-refractivity contribution in [2.24, 2.45) is 5.92 Å². The molecule has 0 radical (unpaired) electrons. The molecule has 2 heteroatoms. The third-order valence-electron chi connectivity index (χ3n) is 4.52. The van der Waals surface area contributed by atoms with E-state index in [2.05, 4.69) is 34.6 Å². The molecular weight excluding hydrogens is 244 g/mol. The van der Waals surface area contributed by atoms with E-state index in [0.717, 1.165) is 19.0 Å². The molecule has 0 spiro atoms. The van der Waals surface area contributed by atoms with Gasteiger partial charge >= 0.3 is 0 Å². The highest BCUT2D eigenvalue weighted by Crippen LogP contribution is 2.25. The van der Waals surface area contributed by atoms with E-state index in [-0.39, 0.29) is 0 Å². The maximum atomic E-state index is 4.34. The molecule has 106 valence electrons. The summed E-state index contributed by atoms with van der Waals surface area (Å²) in [6.45, 7) is 2.06. The van der Waals surface area contributed by atoms with Gasteiger partial charge in [-0.25, -0.2) is 0 Å². The Bertz CT molecular complexity index is 539. The third-order valence-corrected chi connectivity index (χ3v) is 4.52. The van der Waals surface area contributed by atoms with Crippen LogP contribution in [0.15, 0.2) is 36.7 Å². The van der Waals surface area contributed by atoms with Gasteiger partial charge in [0.05, 0.1) is 0 Å². The summed E-state index contributed by atoms with van der Waals surface area (Å²) in [5, 5.41) is 6.16. The molecule has 1 heterocycles. The summed E-state index contributed by atoms with van der Waals surface area (Å²) in [7, 11) is 0. The van der Waals surface area contributed by atoms with Crippen molar-refractivity contribution in [2.75, 3.05) is 6.54 Å². The van der Waals surface area contributed by atoms with Crippen molar-refractivity contribution < 1.29 is 0 Å². The molecule has 0 bridgehead atoms. The zero-order chi connectivity index (χ0) is 13.6. The molecule has 0 unspecified atom stereocenters. The Morgan fingerprint density at radius 1 is 1.05 bits per heavy atom. The standard InChI is InChI=1S/C18H24N2/c1-2-6-15(7-3-1)10-11-19-13-17-14-20-12-16-8-4-5-9-18(16)17/h4-5,8-9,12,14-15,19H,1-3,6-7,10-11,13H2. The lowest BCUT2D eigenvalue weighted by atomic mass is 9.87. The van der Waals surface area contributed by atoms with Crippen LogP contribution in [0.3, 0.4) is 0 Å². The molecule has 0 atom stereocenters. The van der Waals surface area contributed by atoms with Crippen LogP contribution < -0.4 is 5.32 Å². The minimum atomic E-state index is 0.932. The second-order valence-electron chi connectivity index (χ2n) is 5.99. The van der Waals surface area contributed by atoms with E-state index < -0.39 is 0 Å². The Morgan fingerprint density at radius 2 is 1.90 bits per heavy atom. The van der Waals surface area contributed by atoms with E-state index in [9.17, 15) is 0 Å². The quantitative estimate of drug-likeness (QED) is 0.818. The summed E-state index contributed by atoms with van der Waals surface area (Å²) in [4.78, 5) is 4.34. The molecular formula is C18H24N2. The average Bonchev–Trinajstić information content (AvgIpc) is 2.53. The van der Waals surface area contributed by atoms with Crippen LogP contribution in [-0.2, 0) is 6.54 Å². The van der Waals surface area contributed by atoms with Crippen molar-refractivity contribution in [3.05, 3.63) is 42.2 Å². The molecule has 1 aromatic carbocycles. The number of hydrogen-bond acceptors (Lipinski definition) is 2. The lowest BCUT2D eigenvalue weighted by Crippen LogP contribution is -2.19. The molecule has 0 saturated heterocycles. The van der Waals surface area contributed by atoms with Gasteiger partial charge in [-0.1, -0.05) is 56.4 Å². The fourth-order valence-electron chi connectivity index (χ4n) is 3.33. The molecule has 20 heavy (non-hydrogen) atoms. The summed E-state index contributed by atoms with van der Waals surface area (Å²) in [6, 6.07) is 8.50. The molecule has 1 aliphatic carbocycles. The van der Waals surface area contributed by atoms with Crippen LogP contribution in [0.25, 0.3) is 10.8 Å². The minimum Gasteiger partial charge on any atom is -0.313 e. The highest BCUT2D eigenvalue weighted by atomic mass is 14.8. The van der Waals surface area contributed by atoms with Crippen molar-refractivity contribution in [1.82, 2.24) is 10.3 Å². The SMILES string of the molecule is c1ccc2c(CNCCC3CCCCC3)cncc2c1. The van der Waals surface area contributed by atoms with Gasteiger partial charge in [-0.2, -0.15) is 0 Å². The third kappa shape index (κ3) is 3.37. The molecule has 2 nitrogen and oxygen atoms in total. The Morgan fingerprint density at radius 3 is 2.80 bits per heavy atom. The molecule has 2 aromatic rings. The summed E-state index contributed by atoms with van der Waals surface area (Å²) in [5.41, 5.74) is 1.31. The number of pyridine rings is 1. The molecule has 1 fully saturated rings. The number of nitrogens with one attached hydrogen (secondary N) is 1. The van der Waals surface area contributed by atoms with Crippen molar-refractivity contribution in [1.29, 1.82) is 0 Å². The Hall–Kier alpha value is -1.41. The maximum Gasteiger partial charge on any atom is 0.0346 e. The lowest BCUT2D eigenvalue weighted by Gasteiger charge is -2.21. The fourth-order valence-corrected chi connectivity index (χ4v) is 3.33. The van der Waals surface area contributed by atoms with Crippen LogP contribution in [0.2, 0.25) is 0 Å². The van der Waals surface area contributed by atoms with Crippen LogP contribution in [0, 0.1) is 5.92 Å². The van der Waals surface area contributed by atoms with Gasteiger partial charge in [0, 0.05) is 24.3 Å². The normalized spacial score (nSPS) is 16.6. The number of benzene rings is 1. The van der Waals surface area contributed by atoms with Gasteiger partial charge in [0.15, 0.2) is 0 Å². The second-order valence-corrected chi connectivity index (χ2v) is 5.99. The number of aromatic nitrogens is 1. The first-order valence-corrected chi connectivity index (χ1v) is 7.96. The maximum absolute atomic E-state index is 4.34. The van der Waals surface area contributed by atoms with E-state index in [1.54, 1.807) is 0 Å². The predicted octanol–water partition coefficient (Wildman–Crippen LogP) is 4.29. The summed E-state index contributed by atoms with van der Waals surface area (Å²) in [6.07, 6.45) is 12.5. The van der Waals surface area contributed by atoms with Crippen molar-refractivity contribution in [2.45, 2.75) is 45.1 Å². The fraction of sp³-hybridized carbons (Fsp3) is 0.500. The van der Waals surface area contributed by atoms with Crippen molar-refractivity contribution in [3.8, 4) is 0 Å². The second kappa shape index (κ2) is 6.85. The molecule has 1 aromatic heterocycles. The number of nitrogens with zero attached hydrogens (tertiary/aromatic N) is 1. The number of fused-ring (bicyclic) bond motifs is 1. The van der Waals surface area contributed by atoms with Gasteiger partial charge in [-0.3, -0.25) is 4.98 Å². The monoisotopic (exact) mass is 268 g/mol. The van der Waals surface area contributed by atoms with E-state index in [1.807, 2.05) is 12.4 Å². The van der Waals surface area contributed by atoms with Crippen LogP contribution >= 0.6 is 0 Å². The zero-order valence-corrected chi connectivity index (χ0v) is 12.1. The van der Waals surface area contributed by atoms with Crippen LogP contribution in [-0.4, -0.2) is 11.5 Å². The molecule has 3 rings (SSSR count). The van der Waals surface area contributed by atoms with Crippen LogP contribution in [0.5, 0.6) is 0 Å². The van der Waals surface area contributed by atoms with E-state index in [1.165, 1.54) is 54.9 Å². The lowest BCUT2D eigenvalue weighted by molar-refractivity contribution is 0.334. The number of hydrogen-bond donors (Lipinski definition) is 1.